The molecule has 2 aromatic rings. The Labute approximate surface area is 135 Å². The van der Waals surface area contributed by atoms with Gasteiger partial charge < -0.3 is 14.2 Å². The van der Waals surface area contributed by atoms with Crippen LogP contribution in [0.4, 0.5) is 0 Å². The van der Waals surface area contributed by atoms with E-state index < -0.39 is 5.97 Å². The minimum absolute atomic E-state index is 0.00213. The highest BCUT2D eigenvalue weighted by molar-refractivity contribution is 5.89. The molecule has 5 heteroatoms. The largest absolute Gasteiger partial charge is 0.478 e. The van der Waals surface area contributed by atoms with Gasteiger partial charge in [0.05, 0.1) is 23.5 Å². The molecule has 1 aliphatic carbocycles. The Morgan fingerprint density at radius 2 is 2.17 bits per heavy atom. The Bertz CT molecular complexity index is 798. The highest BCUT2D eigenvalue weighted by Crippen LogP contribution is 2.53. The van der Waals surface area contributed by atoms with E-state index in [1.54, 1.807) is 6.20 Å². The summed E-state index contributed by atoms with van der Waals surface area (Å²) in [6.07, 6.45) is 6.86. The molecule has 1 aliphatic heterocycles. The number of aromatic carboxylic acids is 1. The van der Waals surface area contributed by atoms with E-state index in [9.17, 15) is 9.90 Å². The lowest BCUT2D eigenvalue weighted by molar-refractivity contribution is -0.00627. The molecule has 0 unspecified atom stereocenters. The molecule has 2 atom stereocenters. The standard InChI is InChI=1S/C18H22N2O3/c1-11(2)12-6-15-19-14(8-20(15)7-13(12)16(21)22)18-5-4-17(3,9-18)23-10-18/h6-8,11H,4-5,9-10H2,1-3H3,(H,21,22)/t17-,18-/m1/s1. The van der Waals surface area contributed by atoms with Gasteiger partial charge in [-0.05, 0) is 43.7 Å². The molecule has 2 aromatic heterocycles. The molecule has 0 aromatic carbocycles. The van der Waals surface area contributed by atoms with Crippen LogP contribution in [0.2, 0.25) is 0 Å². The minimum Gasteiger partial charge on any atom is -0.478 e. The zero-order valence-corrected chi connectivity index (χ0v) is 13.8. The molecular formula is C18H22N2O3. The highest BCUT2D eigenvalue weighted by atomic mass is 16.5. The summed E-state index contributed by atoms with van der Waals surface area (Å²) in [5, 5.41) is 9.48. The summed E-state index contributed by atoms with van der Waals surface area (Å²) in [5.41, 5.74) is 3.04. The van der Waals surface area contributed by atoms with E-state index in [2.05, 4.69) is 6.92 Å². The molecule has 1 saturated carbocycles. The van der Waals surface area contributed by atoms with Crippen molar-refractivity contribution in [2.75, 3.05) is 6.61 Å². The SMILES string of the molecule is CC(C)c1cc2nc([C@]34CC[C@](C)(C3)OC4)cn2cc1C(=O)O. The Morgan fingerprint density at radius 1 is 1.39 bits per heavy atom. The predicted octanol–water partition coefficient (Wildman–Crippen LogP) is 3.37. The number of hydrogen-bond acceptors (Lipinski definition) is 3. The third-order valence-corrected chi connectivity index (χ3v) is 5.56. The Balaban J connectivity index is 1.84. The first-order chi connectivity index (χ1) is 10.8. The van der Waals surface area contributed by atoms with Crippen molar-refractivity contribution in [1.82, 2.24) is 9.38 Å². The van der Waals surface area contributed by atoms with Gasteiger partial charge in [0.15, 0.2) is 0 Å². The van der Waals surface area contributed by atoms with Gasteiger partial charge in [-0.15, -0.1) is 0 Å². The molecule has 3 heterocycles. The van der Waals surface area contributed by atoms with Gasteiger partial charge in [-0.3, -0.25) is 0 Å². The number of aromatic nitrogens is 2. The van der Waals surface area contributed by atoms with E-state index in [4.69, 9.17) is 9.72 Å². The Morgan fingerprint density at radius 3 is 2.70 bits per heavy atom. The second-order valence-corrected chi connectivity index (χ2v) is 7.69. The molecular weight excluding hydrogens is 292 g/mol. The number of imidazole rings is 1. The maximum atomic E-state index is 11.5. The lowest BCUT2D eigenvalue weighted by atomic mass is 9.84. The molecule has 2 fully saturated rings. The summed E-state index contributed by atoms with van der Waals surface area (Å²) >= 11 is 0. The summed E-state index contributed by atoms with van der Waals surface area (Å²) in [6, 6.07) is 1.91. The van der Waals surface area contributed by atoms with Crippen LogP contribution < -0.4 is 0 Å². The molecule has 4 rings (SSSR count). The first kappa shape index (κ1) is 14.7. The molecule has 5 nitrogen and oxygen atoms in total. The van der Waals surface area contributed by atoms with Crippen LogP contribution >= 0.6 is 0 Å². The molecule has 0 amide bonds. The summed E-state index contributed by atoms with van der Waals surface area (Å²) < 4.78 is 7.83. The number of carbonyl (C=O) groups is 1. The molecule has 2 aliphatic rings. The van der Waals surface area contributed by atoms with E-state index in [0.29, 0.717) is 5.56 Å². The Kier molecular flexibility index (Phi) is 2.92. The quantitative estimate of drug-likeness (QED) is 0.943. The summed E-state index contributed by atoms with van der Waals surface area (Å²) in [5.74, 6) is -0.740. The lowest BCUT2D eigenvalue weighted by Crippen LogP contribution is -2.26. The van der Waals surface area contributed by atoms with Crippen molar-refractivity contribution in [2.24, 2.45) is 0 Å². The van der Waals surface area contributed by atoms with Crippen LogP contribution in [-0.4, -0.2) is 32.7 Å². The number of nitrogens with zero attached hydrogens (tertiary/aromatic N) is 2. The molecule has 0 radical (unpaired) electrons. The topological polar surface area (TPSA) is 63.8 Å². The van der Waals surface area contributed by atoms with Crippen LogP contribution in [0.15, 0.2) is 18.5 Å². The summed E-state index contributed by atoms with van der Waals surface area (Å²) in [7, 11) is 0. The molecule has 2 bridgehead atoms. The van der Waals surface area contributed by atoms with Gasteiger partial charge in [-0.25, -0.2) is 9.78 Å². The zero-order chi connectivity index (χ0) is 16.4. The van der Waals surface area contributed by atoms with Gasteiger partial charge in [0.1, 0.15) is 5.65 Å². The fourth-order valence-corrected chi connectivity index (χ4v) is 4.21. The second-order valence-electron chi connectivity index (χ2n) is 7.69. The zero-order valence-electron chi connectivity index (χ0n) is 13.8. The number of pyridine rings is 1. The van der Waals surface area contributed by atoms with Crippen LogP contribution in [0.3, 0.4) is 0 Å². The second kappa shape index (κ2) is 4.57. The fourth-order valence-electron chi connectivity index (χ4n) is 4.21. The van der Waals surface area contributed by atoms with Crippen LogP contribution in [0.1, 0.15) is 67.6 Å². The van der Waals surface area contributed by atoms with Gasteiger partial charge in [-0.1, -0.05) is 13.8 Å². The molecule has 122 valence electrons. The third kappa shape index (κ3) is 2.10. The van der Waals surface area contributed by atoms with E-state index in [1.807, 2.05) is 30.5 Å². The van der Waals surface area contributed by atoms with E-state index in [0.717, 1.165) is 42.8 Å². The predicted molar refractivity (Wildman–Crippen MR) is 86.1 cm³/mol. The molecule has 1 saturated heterocycles. The monoisotopic (exact) mass is 314 g/mol. The fraction of sp³-hybridized carbons (Fsp3) is 0.556. The molecule has 23 heavy (non-hydrogen) atoms. The van der Waals surface area contributed by atoms with Crippen molar-refractivity contribution in [1.29, 1.82) is 0 Å². The highest BCUT2D eigenvalue weighted by Gasteiger charge is 2.55. The van der Waals surface area contributed by atoms with E-state index in [-0.39, 0.29) is 16.9 Å². The number of fused-ring (bicyclic) bond motifs is 3. The average Bonchev–Trinajstić information content (AvgIpc) is 3.15. The first-order valence-corrected chi connectivity index (χ1v) is 8.22. The van der Waals surface area contributed by atoms with Gasteiger partial charge in [0.2, 0.25) is 0 Å². The van der Waals surface area contributed by atoms with Gasteiger partial charge >= 0.3 is 5.97 Å². The normalized spacial score (nSPS) is 29.7. The summed E-state index contributed by atoms with van der Waals surface area (Å²) in [4.78, 5) is 16.4. The van der Waals surface area contributed by atoms with Crippen molar-refractivity contribution < 1.29 is 14.6 Å². The number of rotatable bonds is 3. The number of carboxylic acid groups (broad SMARTS) is 1. The van der Waals surface area contributed by atoms with Gasteiger partial charge in [-0.2, -0.15) is 0 Å². The maximum Gasteiger partial charge on any atom is 0.337 e. The number of ether oxygens (including phenoxy) is 1. The van der Waals surface area contributed by atoms with Crippen LogP contribution in [0.25, 0.3) is 5.65 Å². The van der Waals surface area contributed by atoms with Crippen molar-refractivity contribution in [2.45, 2.75) is 57.0 Å². The molecule has 0 spiro atoms. The van der Waals surface area contributed by atoms with E-state index in [1.165, 1.54) is 0 Å². The van der Waals surface area contributed by atoms with Crippen LogP contribution in [-0.2, 0) is 10.2 Å². The Hall–Kier alpha value is -1.88. The smallest absolute Gasteiger partial charge is 0.337 e. The van der Waals surface area contributed by atoms with Crippen molar-refractivity contribution in [3.63, 3.8) is 0 Å². The lowest BCUT2D eigenvalue weighted by Gasteiger charge is -2.24. The van der Waals surface area contributed by atoms with Crippen molar-refractivity contribution in [3.05, 3.63) is 35.3 Å². The first-order valence-electron chi connectivity index (χ1n) is 8.22. The van der Waals surface area contributed by atoms with Crippen molar-refractivity contribution in [3.8, 4) is 0 Å². The van der Waals surface area contributed by atoms with Crippen LogP contribution in [0, 0.1) is 0 Å². The maximum absolute atomic E-state index is 11.5. The number of carboxylic acids is 1. The van der Waals surface area contributed by atoms with Gasteiger partial charge in [0.25, 0.3) is 0 Å². The summed E-state index contributed by atoms with van der Waals surface area (Å²) in [6.45, 7) is 6.91. The van der Waals surface area contributed by atoms with Crippen molar-refractivity contribution >= 4 is 11.6 Å². The van der Waals surface area contributed by atoms with Crippen LogP contribution in [0.5, 0.6) is 0 Å². The third-order valence-electron chi connectivity index (χ3n) is 5.56. The average molecular weight is 314 g/mol. The van der Waals surface area contributed by atoms with Gasteiger partial charge in [0, 0.05) is 17.8 Å². The molecule has 1 N–H and O–H groups in total. The number of hydrogen-bond donors (Lipinski definition) is 1. The van der Waals surface area contributed by atoms with E-state index >= 15 is 0 Å². The minimum atomic E-state index is -0.887.